The Morgan fingerprint density at radius 1 is 0.667 bits per heavy atom. The van der Waals surface area contributed by atoms with E-state index in [2.05, 4.69) is 6.92 Å². The van der Waals surface area contributed by atoms with E-state index in [0.717, 1.165) is 38.5 Å². The molecular weight excluding hydrogens is 320 g/mol. The van der Waals surface area contributed by atoms with Crippen LogP contribution in [0, 0.1) is 16.2 Å². The Bertz CT molecular complexity index is 509. The molecule has 0 aromatic rings. The van der Waals surface area contributed by atoms with Gasteiger partial charge in [0.05, 0.1) is 6.61 Å². The molecule has 138 valence electrons. The van der Waals surface area contributed by atoms with Crippen molar-refractivity contribution in [1.82, 2.24) is 0 Å². The number of ether oxygens (including phenoxy) is 1. The molecule has 6 rings (SSSR count). The van der Waals surface area contributed by atoms with Crippen LogP contribution < -0.4 is 0 Å². The van der Waals surface area contributed by atoms with Gasteiger partial charge in [-0.15, -0.1) is 0 Å². The minimum atomic E-state index is -4.07. The molecule has 24 heavy (non-hydrogen) atoms. The van der Waals surface area contributed by atoms with Crippen molar-refractivity contribution in [2.45, 2.75) is 95.5 Å². The standard InChI is InChI=1S/C19H28F4O/c1-14-3-8-16(9-4-14,10-5-14)13-24-17-11-6-15(2,7-12-17)18(20,21)19(17,22)23/h3-13H2,1-2H3. The molecule has 0 unspecified atom stereocenters. The van der Waals surface area contributed by atoms with Crippen LogP contribution in [0.4, 0.5) is 17.6 Å². The second-order valence-electron chi connectivity index (χ2n) is 9.80. The van der Waals surface area contributed by atoms with Gasteiger partial charge in [0, 0.05) is 5.41 Å². The molecule has 6 aliphatic carbocycles. The fourth-order valence-electron chi connectivity index (χ4n) is 5.69. The van der Waals surface area contributed by atoms with Crippen molar-refractivity contribution in [3.63, 3.8) is 0 Å². The Morgan fingerprint density at radius 2 is 1.17 bits per heavy atom. The third kappa shape index (κ3) is 1.97. The predicted molar refractivity (Wildman–Crippen MR) is 83.4 cm³/mol. The molecule has 6 aliphatic rings. The fourth-order valence-corrected chi connectivity index (χ4v) is 5.69. The van der Waals surface area contributed by atoms with Crippen LogP contribution in [0.3, 0.4) is 0 Å². The first-order valence-electron chi connectivity index (χ1n) is 9.39. The molecule has 0 radical (unpaired) electrons. The van der Waals surface area contributed by atoms with Gasteiger partial charge in [-0.2, -0.15) is 17.6 Å². The number of hydrogen-bond donors (Lipinski definition) is 0. The first-order valence-corrected chi connectivity index (χ1v) is 9.39. The van der Waals surface area contributed by atoms with E-state index in [9.17, 15) is 17.6 Å². The topological polar surface area (TPSA) is 9.23 Å². The average Bonchev–Trinajstić information content (AvgIpc) is 2.54. The molecule has 0 N–H and O–H groups in total. The molecule has 0 spiro atoms. The van der Waals surface area contributed by atoms with E-state index in [-0.39, 0.29) is 37.7 Å². The van der Waals surface area contributed by atoms with Crippen LogP contribution >= 0.6 is 0 Å². The molecule has 0 heterocycles. The molecule has 0 saturated heterocycles. The predicted octanol–water partition coefficient (Wildman–Crippen LogP) is 5.97. The summed E-state index contributed by atoms with van der Waals surface area (Å²) in [5.74, 6) is -8.05. The number of rotatable bonds is 3. The first-order chi connectivity index (χ1) is 11.0. The van der Waals surface area contributed by atoms with Crippen LogP contribution in [0.25, 0.3) is 0 Å². The molecule has 0 aliphatic heterocycles. The fraction of sp³-hybridized carbons (Fsp3) is 1.00. The second kappa shape index (κ2) is 4.69. The van der Waals surface area contributed by atoms with Gasteiger partial charge in [0.15, 0.2) is 0 Å². The van der Waals surface area contributed by atoms with E-state index in [0.29, 0.717) is 5.41 Å². The van der Waals surface area contributed by atoms with Crippen LogP contribution in [-0.2, 0) is 4.74 Å². The van der Waals surface area contributed by atoms with E-state index in [1.807, 2.05) is 0 Å². The molecular formula is C19H28F4O. The normalized spacial score (nSPS) is 51.8. The minimum Gasteiger partial charge on any atom is -0.368 e. The van der Waals surface area contributed by atoms with Gasteiger partial charge in [-0.1, -0.05) is 13.8 Å². The van der Waals surface area contributed by atoms with Crippen LogP contribution in [0.5, 0.6) is 0 Å². The lowest BCUT2D eigenvalue weighted by atomic mass is 9.54. The largest absolute Gasteiger partial charge is 0.368 e. The maximum atomic E-state index is 14.8. The maximum absolute atomic E-state index is 14.8. The highest BCUT2D eigenvalue weighted by Crippen LogP contribution is 2.68. The quantitative estimate of drug-likeness (QED) is 0.571. The first kappa shape index (κ1) is 17.1. The average molecular weight is 348 g/mol. The third-order valence-corrected chi connectivity index (χ3v) is 8.32. The van der Waals surface area contributed by atoms with Gasteiger partial charge in [-0.05, 0) is 75.0 Å². The van der Waals surface area contributed by atoms with Crippen molar-refractivity contribution in [2.75, 3.05) is 6.61 Å². The lowest BCUT2D eigenvalue weighted by molar-refractivity contribution is -0.390. The Morgan fingerprint density at radius 3 is 1.67 bits per heavy atom. The summed E-state index contributed by atoms with van der Waals surface area (Å²) in [5.41, 5.74) is -3.21. The summed E-state index contributed by atoms with van der Waals surface area (Å²) in [5, 5.41) is 0. The molecule has 0 aromatic carbocycles. The summed E-state index contributed by atoms with van der Waals surface area (Å²) in [7, 11) is 0. The van der Waals surface area contributed by atoms with Crippen molar-refractivity contribution in [1.29, 1.82) is 0 Å². The molecule has 1 nitrogen and oxygen atoms in total. The SMILES string of the molecule is CC12CCC(COC34CCC(C)(CC3)C(F)(F)C4(F)F)(CC1)CC2. The van der Waals surface area contributed by atoms with E-state index in [1.165, 1.54) is 6.92 Å². The lowest BCUT2D eigenvalue weighted by Crippen LogP contribution is -2.73. The van der Waals surface area contributed by atoms with Gasteiger partial charge in [0.1, 0.15) is 5.60 Å². The van der Waals surface area contributed by atoms with Gasteiger partial charge in [-0.25, -0.2) is 0 Å². The molecule has 6 saturated carbocycles. The molecule has 0 aromatic heterocycles. The monoisotopic (exact) mass is 348 g/mol. The third-order valence-electron chi connectivity index (χ3n) is 8.32. The highest BCUT2D eigenvalue weighted by Gasteiger charge is 2.81. The highest BCUT2D eigenvalue weighted by atomic mass is 19.3. The second-order valence-corrected chi connectivity index (χ2v) is 9.80. The minimum absolute atomic E-state index is 0.0554. The Kier molecular flexibility index (Phi) is 3.34. The molecule has 0 atom stereocenters. The Labute approximate surface area is 141 Å². The van der Waals surface area contributed by atoms with Crippen LogP contribution in [0.15, 0.2) is 0 Å². The van der Waals surface area contributed by atoms with Crippen molar-refractivity contribution < 1.29 is 22.3 Å². The van der Waals surface area contributed by atoms with Gasteiger partial charge in [-0.3, -0.25) is 0 Å². The van der Waals surface area contributed by atoms with Gasteiger partial charge in [0.25, 0.3) is 0 Å². The van der Waals surface area contributed by atoms with E-state index in [1.54, 1.807) is 0 Å². The zero-order valence-electron chi connectivity index (χ0n) is 14.7. The zero-order chi connectivity index (χ0) is 17.5. The number of hydrogen-bond acceptors (Lipinski definition) is 1. The Hall–Kier alpha value is -0.320. The van der Waals surface area contributed by atoms with E-state index in [4.69, 9.17) is 4.74 Å². The summed E-state index contributed by atoms with van der Waals surface area (Å²) < 4.78 is 64.3. The highest BCUT2D eigenvalue weighted by molar-refractivity contribution is 5.18. The van der Waals surface area contributed by atoms with E-state index >= 15 is 0 Å². The maximum Gasteiger partial charge on any atom is 0.338 e. The summed E-state index contributed by atoms with van der Waals surface area (Å²) in [6.07, 6.45) is 6.63. The van der Waals surface area contributed by atoms with Crippen molar-refractivity contribution >= 4 is 0 Å². The summed E-state index contributed by atoms with van der Waals surface area (Å²) in [6.45, 7) is 3.84. The van der Waals surface area contributed by atoms with Gasteiger partial charge in [0.2, 0.25) is 0 Å². The smallest absolute Gasteiger partial charge is 0.338 e. The molecule has 6 fully saturated rings. The Balaban J connectivity index is 1.54. The van der Waals surface area contributed by atoms with Crippen molar-refractivity contribution in [3.05, 3.63) is 0 Å². The summed E-state index contributed by atoms with van der Waals surface area (Å²) >= 11 is 0. The van der Waals surface area contributed by atoms with Crippen LogP contribution in [0.2, 0.25) is 0 Å². The van der Waals surface area contributed by atoms with Gasteiger partial charge < -0.3 is 4.74 Å². The summed E-state index contributed by atoms with van der Waals surface area (Å²) in [4.78, 5) is 0. The lowest BCUT2D eigenvalue weighted by Gasteiger charge is -2.60. The molecule has 0 amide bonds. The number of halogens is 4. The van der Waals surface area contributed by atoms with E-state index < -0.39 is 22.9 Å². The zero-order valence-corrected chi connectivity index (χ0v) is 14.7. The molecule has 5 heteroatoms. The van der Waals surface area contributed by atoms with Crippen LogP contribution in [-0.4, -0.2) is 24.1 Å². The number of alkyl halides is 4. The van der Waals surface area contributed by atoms with Crippen molar-refractivity contribution in [3.8, 4) is 0 Å². The van der Waals surface area contributed by atoms with Crippen LogP contribution in [0.1, 0.15) is 78.1 Å². The molecule has 4 bridgehead atoms. The number of fused-ring (bicyclic) bond motifs is 6. The van der Waals surface area contributed by atoms with Gasteiger partial charge >= 0.3 is 11.8 Å². The summed E-state index contributed by atoms with van der Waals surface area (Å²) in [6, 6.07) is 0. The van der Waals surface area contributed by atoms with Crippen molar-refractivity contribution in [2.24, 2.45) is 16.2 Å².